The number of aryl methyl sites for hydroxylation is 1. The van der Waals surface area contributed by atoms with Gasteiger partial charge in [-0.3, -0.25) is 14.9 Å². The molecule has 4 rings (SSSR count). The first-order valence-corrected chi connectivity index (χ1v) is 14.4. The van der Waals surface area contributed by atoms with E-state index in [4.69, 9.17) is 0 Å². The summed E-state index contributed by atoms with van der Waals surface area (Å²) in [6.45, 7) is 7.15. The first-order chi connectivity index (χ1) is 18.3. The number of piperidine rings is 2. The Balaban J connectivity index is 1.36. The lowest BCUT2D eigenvalue weighted by Crippen LogP contribution is -2.50. The van der Waals surface area contributed by atoms with E-state index in [9.17, 15) is 18.8 Å². The molecular weight excluding hydrogens is 505 g/mol. The van der Waals surface area contributed by atoms with Gasteiger partial charge in [0, 0.05) is 33.0 Å². The molecule has 2 aliphatic heterocycles. The van der Waals surface area contributed by atoms with Crippen LogP contribution in [0.15, 0.2) is 24.3 Å². The maximum Gasteiger partial charge on any atom is 0.321 e. The molecule has 10 heteroatoms. The molecular formula is C28H38FN5O3S. The number of nitrogens with one attached hydrogen (secondary N) is 2. The molecule has 2 aliphatic rings. The Bertz CT molecular complexity index is 1120. The van der Waals surface area contributed by atoms with Crippen molar-refractivity contribution in [3.8, 4) is 0 Å². The topological polar surface area (TPSA) is 94.6 Å². The van der Waals surface area contributed by atoms with E-state index in [2.05, 4.69) is 20.5 Å². The second kappa shape index (κ2) is 13.3. The van der Waals surface area contributed by atoms with E-state index in [0.717, 1.165) is 62.1 Å². The number of anilines is 1. The lowest BCUT2D eigenvalue weighted by atomic mass is 9.91. The maximum atomic E-state index is 13.4. The van der Waals surface area contributed by atoms with E-state index in [1.807, 2.05) is 17.0 Å². The molecule has 0 radical (unpaired) electrons. The van der Waals surface area contributed by atoms with E-state index in [-0.39, 0.29) is 30.0 Å². The van der Waals surface area contributed by atoms with Crippen LogP contribution in [-0.4, -0.2) is 71.3 Å². The lowest BCUT2D eigenvalue weighted by Gasteiger charge is -2.35. The van der Waals surface area contributed by atoms with Crippen molar-refractivity contribution in [3.63, 3.8) is 0 Å². The van der Waals surface area contributed by atoms with Crippen LogP contribution in [0, 0.1) is 18.7 Å². The predicted octanol–water partition coefficient (Wildman–Crippen LogP) is 4.64. The number of hydrogen-bond acceptors (Lipinski definition) is 6. The molecule has 2 aromatic rings. The Morgan fingerprint density at radius 3 is 2.53 bits per heavy atom. The smallest absolute Gasteiger partial charge is 0.321 e. The third-order valence-electron chi connectivity index (χ3n) is 7.33. The number of benzene rings is 1. The zero-order valence-electron chi connectivity index (χ0n) is 22.3. The number of carbonyl (C=O) groups is 3. The molecule has 3 amide bonds. The Labute approximate surface area is 228 Å². The van der Waals surface area contributed by atoms with Gasteiger partial charge < -0.3 is 15.1 Å². The summed E-state index contributed by atoms with van der Waals surface area (Å²) >= 11 is 1.16. The number of urea groups is 1. The number of carbonyl (C=O) groups excluding carboxylic acids is 3. The molecule has 0 saturated carbocycles. The second-order valence-corrected chi connectivity index (χ2v) is 11.5. The molecule has 8 nitrogen and oxygen atoms in total. The van der Waals surface area contributed by atoms with Crippen LogP contribution in [0.4, 0.5) is 14.3 Å². The number of rotatable bonds is 9. The molecule has 1 aromatic heterocycles. The van der Waals surface area contributed by atoms with Crippen molar-refractivity contribution in [3.05, 3.63) is 46.2 Å². The van der Waals surface area contributed by atoms with Gasteiger partial charge in [0.05, 0.1) is 16.6 Å². The standard InChI is InChI=1S/C28H38FN5O3S/c1-19-26(20(2)35)38-28(30-19)32-27(37)31-24(18-33-12-4-3-5-13-33)16-25(36)34-14-6-7-22(17-34)15-21-8-10-23(29)11-9-21/h8-11,22,24H,3-7,12-18H2,1-2H3,(H2,30,31,32,37)/t22?,24-/m0/s1. The number of aromatic nitrogens is 1. The molecule has 1 unspecified atom stereocenters. The fourth-order valence-electron chi connectivity index (χ4n) is 5.46. The Morgan fingerprint density at radius 1 is 1.11 bits per heavy atom. The van der Waals surface area contributed by atoms with E-state index in [1.54, 1.807) is 6.92 Å². The lowest BCUT2D eigenvalue weighted by molar-refractivity contribution is -0.133. The average Bonchev–Trinajstić information content (AvgIpc) is 3.26. The number of halogens is 1. The minimum atomic E-state index is -0.420. The molecule has 0 aliphatic carbocycles. The van der Waals surface area contributed by atoms with E-state index < -0.39 is 6.03 Å². The van der Waals surface area contributed by atoms with Gasteiger partial charge in [0.1, 0.15) is 5.82 Å². The Hall–Kier alpha value is -2.85. The quantitative estimate of drug-likeness (QED) is 0.450. The molecule has 0 bridgehead atoms. The van der Waals surface area contributed by atoms with Gasteiger partial charge in [0.2, 0.25) is 5.91 Å². The zero-order valence-corrected chi connectivity index (χ0v) is 23.1. The van der Waals surface area contributed by atoms with Gasteiger partial charge in [-0.2, -0.15) is 0 Å². The van der Waals surface area contributed by atoms with E-state index in [0.29, 0.717) is 41.3 Å². The monoisotopic (exact) mass is 543 g/mol. The highest BCUT2D eigenvalue weighted by atomic mass is 32.1. The van der Waals surface area contributed by atoms with Crippen LogP contribution >= 0.6 is 11.3 Å². The van der Waals surface area contributed by atoms with Crippen molar-refractivity contribution in [1.82, 2.24) is 20.1 Å². The first-order valence-electron chi connectivity index (χ1n) is 13.6. The van der Waals surface area contributed by atoms with Crippen molar-refractivity contribution in [2.75, 3.05) is 38.0 Å². The average molecular weight is 544 g/mol. The first kappa shape index (κ1) is 28.2. The van der Waals surface area contributed by atoms with Gasteiger partial charge in [-0.25, -0.2) is 14.2 Å². The Morgan fingerprint density at radius 2 is 1.84 bits per heavy atom. The number of thiazole rings is 1. The largest absolute Gasteiger partial charge is 0.342 e. The highest BCUT2D eigenvalue weighted by molar-refractivity contribution is 7.17. The summed E-state index contributed by atoms with van der Waals surface area (Å²) in [5.74, 6) is 0.0507. The predicted molar refractivity (Wildman–Crippen MR) is 147 cm³/mol. The number of nitrogens with zero attached hydrogens (tertiary/aromatic N) is 3. The molecule has 2 saturated heterocycles. The third kappa shape index (κ3) is 8.07. The zero-order chi connectivity index (χ0) is 27.1. The van der Waals surface area contributed by atoms with Crippen molar-refractivity contribution < 1.29 is 18.8 Å². The number of likely N-dealkylation sites (tertiary alicyclic amines) is 2. The van der Waals surface area contributed by atoms with Gasteiger partial charge in [-0.05, 0) is 75.7 Å². The fraction of sp³-hybridized carbons (Fsp3) is 0.571. The summed E-state index contributed by atoms with van der Waals surface area (Å²) in [7, 11) is 0. The SMILES string of the molecule is CC(=O)c1sc(NC(=O)N[C@@H](CC(=O)N2CCCC(Cc3ccc(F)cc3)C2)CN2CCCCC2)nc1C. The van der Waals surface area contributed by atoms with Crippen molar-refractivity contribution >= 4 is 34.2 Å². The highest BCUT2D eigenvalue weighted by Gasteiger charge is 2.28. The summed E-state index contributed by atoms with van der Waals surface area (Å²) in [4.78, 5) is 47.1. The minimum absolute atomic E-state index is 0.0417. The molecule has 0 spiro atoms. The van der Waals surface area contributed by atoms with E-state index in [1.165, 1.54) is 25.5 Å². The summed E-state index contributed by atoms with van der Waals surface area (Å²) in [6.07, 6.45) is 6.46. The summed E-state index contributed by atoms with van der Waals surface area (Å²) in [5, 5.41) is 6.12. The maximum absolute atomic E-state index is 13.4. The number of amides is 3. The van der Waals surface area contributed by atoms with Gasteiger partial charge in [-0.1, -0.05) is 29.9 Å². The Kier molecular flexibility index (Phi) is 9.85. The van der Waals surface area contributed by atoms with Crippen LogP contribution in [-0.2, 0) is 11.2 Å². The summed E-state index contributed by atoms with van der Waals surface area (Å²) < 4.78 is 13.3. The van der Waals surface area contributed by atoms with Crippen LogP contribution in [0.1, 0.15) is 66.4 Å². The van der Waals surface area contributed by atoms with Crippen LogP contribution in [0.5, 0.6) is 0 Å². The van der Waals surface area contributed by atoms with Crippen molar-refractivity contribution in [2.45, 2.75) is 64.8 Å². The van der Waals surface area contributed by atoms with Crippen LogP contribution < -0.4 is 10.6 Å². The second-order valence-electron chi connectivity index (χ2n) is 10.5. The number of hydrogen-bond donors (Lipinski definition) is 2. The fourth-order valence-corrected chi connectivity index (χ4v) is 6.32. The molecule has 2 fully saturated rings. The molecule has 2 atom stereocenters. The molecule has 2 N–H and O–H groups in total. The number of Topliss-reactive ketones (excluding diaryl/α,β-unsaturated/α-hetero) is 1. The molecule has 3 heterocycles. The third-order valence-corrected chi connectivity index (χ3v) is 8.50. The minimum Gasteiger partial charge on any atom is -0.342 e. The van der Waals surface area contributed by atoms with E-state index >= 15 is 0 Å². The molecule has 206 valence electrons. The molecule has 1 aromatic carbocycles. The normalized spacial score (nSPS) is 19.1. The van der Waals surface area contributed by atoms with Gasteiger partial charge in [0.25, 0.3) is 0 Å². The van der Waals surface area contributed by atoms with Gasteiger partial charge in [-0.15, -0.1) is 0 Å². The van der Waals surface area contributed by atoms with Crippen LogP contribution in [0.25, 0.3) is 0 Å². The van der Waals surface area contributed by atoms with Gasteiger partial charge in [0.15, 0.2) is 10.9 Å². The number of ketones is 1. The van der Waals surface area contributed by atoms with Crippen LogP contribution in [0.3, 0.4) is 0 Å². The summed E-state index contributed by atoms with van der Waals surface area (Å²) in [5.41, 5.74) is 1.68. The summed E-state index contributed by atoms with van der Waals surface area (Å²) in [6, 6.07) is 5.84. The molecule has 38 heavy (non-hydrogen) atoms. The highest BCUT2D eigenvalue weighted by Crippen LogP contribution is 2.24. The van der Waals surface area contributed by atoms with Crippen molar-refractivity contribution in [2.24, 2.45) is 5.92 Å². The van der Waals surface area contributed by atoms with Crippen LogP contribution in [0.2, 0.25) is 0 Å². The van der Waals surface area contributed by atoms with Crippen molar-refractivity contribution in [1.29, 1.82) is 0 Å². The van der Waals surface area contributed by atoms with Gasteiger partial charge >= 0.3 is 6.03 Å².